The largest absolute Gasteiger partial charge is 0.466 e. The van der Waals surface area contributed by atoms with Gasteiger partial charge in [0, 0.05) is 12.3 Å². The van der Waals surface area contributed by atoms with E-state index in [0.717, 1.165) is 43.6 Å². The lowest BCUT2D eigenvalue weighted by molar-refractivity contribution is -0.143. The Morgan fingerprint density at radius 2 is 1.93 bits per heavy atom. The van der Waals surface area contributed by atoms with Gasteiger partial charge in [0.2, 0.25) is 0 Å². The number of hydrogen-bond donors (Lipinski definition) is 0. The number of esters is 1. The molecule has 1 aliphatic heterocycles. The van der Waals surface area contributed by atoms with Crippen molar-refractivity contribution in [2.24, 2.45) is 0 Å². The fraction of sp³-hybridized carbons (Fsp3) is 0.400. The van der Waals surface area contributed by atoms with Crippen LogP contribution in [0.1, 0.15) is 49.7 Å². The average Bonchev–Trinajstić information content (AvgIpc) is 2.75. The molecule has 0 aromatic heterocycles. The molecule has 0 spiro atoms. The molecule has 1 fully saturated rings. The standard InChI is InChI=1S/C25H30O4/c1-2-27-24(26)19-22(12-8-11-20-9-4-3-5-10-20)21-14-16-23(17-15-21)29-25-13-6-7-18-28-25/h3-5,8-10,12,14-17,22,25H,2,6-7,11,13,18-19H2,1H3/b12-8+. The zero-order chi connectivity index (χ0) is 20.3. The second-order valence-electron chi connectivity index (χ2n) is 7.22. The molecule has 29 heavy (non-hydrogen) atoms. The SMILES string of the molecule is CCOC(=O)CC(/C=C/Cc1ccccc1)c1ccc(OC2CCCCO2)cc1. The molecule has 4 nitrogen and oxygen atoms in total. The van der Waals surface area contributed by atoms with Crippen molar-refractivity contribution in [2.45, 2.75) is 51.2 Å². The molecule has 2 aromatic rings. The molecule has 0 N–H and O–H groups in total. The van der Waals surface area contributed by atoms with E-state index in [2.05, 4.69) is 24.3 Å². The quantitative estimate of drug-likeness (QED) is 0.420. The van der Waals surface area contributed by atoms with Crippen molar-refractivity contribution in [2.75, 3.05) is 13.2 Å². The lowest BCUT2D eigenvalue weighted by Crippen LogP contribution is -2.24. The molecule has 1 heterocycles. The van der Waals surface area contributed by atoms with E-state index in [1.54, 1.807) is 0 Å². The van der Waals surface area contributed by atoms with Crippen molar-refractivity contribution >= 4 is 5.97 Å². The van der Waals surface area contributed by atoms with Crippen LogP contribution in [0.2, 0.25) is 0 Å². The Labute approximate surface area is 173 Å². The Balaban J connectivity index is 1.66. The molecule has 0 aliphatic carbocycles. The van der Waals surface area contributed by atoms with Gasteiger partial charge < -0.3 is 14.2 Å². The van der Waals surface area contributed by atoms with E-state index in [4.69, 9.17) is 14.2 Å². The zero-order valence-corrected chi connectivity index (χ0v) is 17.1. The molecular weight excluding hydrogens is 364 g/mol. The maximum absolute atomic E-state index is 12.1. The molecule has 0 saturated carbocycles. The molecule has 4 heteroatoms. The first-order valence-electron chi connectivity index (χ1n) is 10.5. The summed E-state index contributed by atoms with van der Waals surface area (Å²) < 4.78 is 16.7. The fourth-order valence-electron chi connectivity index (χ4n) is 3.43. The van der Waals surface area contributed by atoms with E-state index in [1.807, 2.05) is 49.4 Å². The molecule has 0 amide bonds. The van der Waals surface area contributed by atoms with Gasteiger partial charge in [0.05, 0.1) is 19.6 Å². The number of benzene rings is 2. The number of allylic oxidation sites excluding steroid dienone is 2. The van der Waals surface area contributed by atoms with Crippen LogP contribution in [-0.2, 0) is 20.7 Å². The van der Waals surface area contributed by atoms with Gasteiger partial charge in [0.15, 0.2) is 6.29 Å². The van der Waals surface area contributed by atoms with Gasteiger partial charge in [-0.2, -0.15) is 0 Å². The summed E-state index contributed by atoms with van der Waals surface area (Å²) in [6.07, 6.45) is 8.39. The van der Waals surface area contributed by atoms with Crippen molar-refractivity contribution < 1.29 is 19.0 Å². The fourth-order valence-corrected chi connectivity index (χ4v) is 3.43. The van der Waals surface area contributed by atoms with Crippen molar-refractivity contribution in [3.05, 3.63) is 77.9 Å². The van der Waals surface area contributed by atoms with Gasteiger partial charge >= 0.3 is 5.97 Å². The molecule has 2 aromatic carbocycles. The number of carbonyl (C=O) groups excluding carboxylic acids is 1. The lowest BCUT2D eigenvalue weighted by atomic mass is 9.94. The Morgan fingerprint density at radius 1 is 1.14 bits per heavy atom. The highest BCUT2D eigenvalue weighted by atomic mass is 16.7. The van der Waals surface area contributed by atoms with Crippen LogP contribution in [0, 0.1) is 0 Å². The maximum atomic E-state index is 12.1. The molecule has 2 atom stereocenters. The number of carbonyl (C=O) groups is 1. The molecule has 1 saturated heterocycles. The number of rotatable bonds is 9. The van der Waals surface area contributed by atoms with E-state index < -0.39 is 0 Å². The van der Waals surface area contributed by atoms with E-state index in [1.165, 1.54) is 5.56 Å². The van der Waals surface area contributed by atoms with Crippen LogP contribution in [0.5, 0.6) is 5.75 Å². The Bertz CT molecular complexity index is 761. The zero-order valence-electron chi connectivity index (χ0n) is 17.1. The summed E-state index contributed by atoms with van der Waals surface area (Å²) >= 11 is 0. The third-order valence-corrected chi connectivity index (χ3v) is 4.97. The van der Waals surface area contributed by atoms with Crippen molar-refractivity contribution in [3.8, 4) is 5.75 Å². The molecule has 0 radical (unpaired) electrons. The predicted octanol–water partition coefficient (Wildman–Crippen LogP) is 5.43. The minimum atomic E-state index is -0.183. The van der Waals surface area contributed by atoms with Gasteiger partial charge in [0.25, 0.3) is 0 Å². The van der Waals surface area contributed by atoms with Crippen LogP contribution in [0.15, 0.2) is 66.7 Å². The van der Waals surface area contributed by atoms with Gasteiger partial charge in [-0.05, 0) is 49.4 Å². The molecule has 3 rings (SSSR count). The van der Waals surface area contributed by atoms with Crippen LogP contribution < -0.4 is 4.74 Å². The summed E-state index contributed by atoms with van der Waals surface area (Å²) in [6.45, 7) is 2.99. The van der Waals surface area contributed by atoms with Crippen LogP contribution in [0.25, 0.3) is 0 Å². The predicted molar refractivity (Wildman–Crippen MR) is 114 cm³/mol. The van der Waals surface area contributed by atoms with E-state index in [0.29, 0.717) is 13.0 Å². The first kappa shape index (κ1) is 21.1. The molecular formula is C25H30O4. The van der Waals surface area contributed by atoms with E-state index in [9.17, 15) is 4.79 Å². The Hall–Kier alpha value is -2.59. The monoisotopic (exact) mass is 394 g/mol. The highest BCUT2D eigenvalue weighted by Gasteiger charge is 2.17. The second-order valence-corrected chi connectivity index (χ2v) is 7.22. The summed E-state index contributed by atoms with van der Waals surface area (Å²) in [7, 11) is 0. The first-order valence-corrected chi connectivity index (χ1v) is 10.5. The highest BCUT2D eigenvalue weighted by Crippen LogP contribution is 2.26. The van der Waals surface area contributed by atoms with Crippen molar-refractivity contribution in [1.29, 1.82) is 0 Å². The number of ether oxygens (including phenoxy) is 3. The summed E-state index contributed by atoms with van der Waals surface area (Å²) in [6, 6.07) is 18.2. The molecule has 154 valence electrons. The maximum Gasteiger partial charge on any atom is 0.306 e. The van der Waals surface area contributed by atoms with Gasteiger partial charge in [-0.1, -0.05) is 54.6 Å². The lowest BCUT2D eigenvalue weighted by Gasteiger charge is -2.23. The van der Waals surface area contributed by atoms with Crippen molar-refractivity contribution in [3.63, 3.8) is 0 Å². The smallest absolute Gasteiger partial charge is 0.306 e. The third kappa shape index (κ3) is 7.06. The summed E-state index contributed by atoms with van der Waals surface area (Å²) in [4.78, 5) is 12.1. The summed E-state index contributed by atoms with van der Waals surface area (Å²) in [5.74, 6) is 0.583. The van der Waals surface area contributed by atoms with Gasteiger partial charge in [-0.3, -0.25) is 4.79 Å². The molecule has 2 unspecified atom stereocenters. The minimum absolute atomic E-state index is 0.0299. The van der Waals surface area contributed by atoms with Crippen molar-refractivity contribution in [1.82, 2.24) is 0 Å². The van der Waals surface area contributed by atoms with Crippen LogP contribution in [-0.4, -0.2) is 25.5 Å². The first-order chi connectivity index (χ1) is 14.2. The van der Waals surface area contributed by atoms with Gasteiger partial charge in [-0.25, -0.2) is 0 Å². The number of hydrogen-bond acceptors (Lipinski definition) is 4. The second kappa shape index (κ2) is 11.4. The Kier molecular flexibility index (Phi) is 8.32. The minimum Gasteiger partial charge on any atom is -0.466 e. The molecule has 0 bridgehead atoms. The summed E-state index contributed by atoms with van der Waals surface area (Å²) in [5, 5.41) is 0. The van der Waals surface area contributed by atoms with Gasteiger partial charge in [0.1, 0.15) is 5.75 Å². The van der Waals surface area contributed by atoms with E-state index >= 15 is 0 Å². The average molecular weight is 395 g/mol. The Morgan fingerprint density at radius 3 is 2.62 bits per heavy atom. The molecule has 1 aliphatic rings. The van der Waals surface area contributed by atoms with Crippen LogP contribution >= 0.6 is 0 Å². The normalized spacial score (nSPS) is 17.8. The van der Waals surface area contributed by atoms with Gasteiger partial charge in [-0.15, -0.1) is 0 Å². The third-order valence-electron chi connectivity index (χ3n) is 4.97. The summed E-state index contributed by atoms with van der Waals surface area (Å²) in [5.41, 5.74) is 2.31. The highest BCUT2D eigenvalue weighted by molar-refractivity contribution is 5.71. The van der Waals surface area contributed by atoms with Crippen LogP contribution in [0.3, 0.4) is 0 Å². The van der Waals surface area contributed by atoms with Crippen LogP contribution in [0.4, 0.5) is 0 Å². The topological polar surface area (TPSA) is 44.8 Å². The van der Waals surface area contributed by atoms with E-state index in [-0.39, 0.29) is 18.2 Å².